The molecule has 0 aliphatic carbocycles. The summed E-state index contributed by atoms with van der Waals surface area (Å²) in [4.78, 5) is 22.0. The van der Waals surface area contributed by atoms with Crippen molar-refractivity contribution in [2.24, 2.45) is 4.99 Å². The van der Waals surface area contributed by atoms with Gasteiger partial charge in [-0.25, -0.2) is 4.98 Å². The zero-order chi connectivity index (χ0) is 14.8. The van der Waals surface area contributed by atoms with Crippen molar-refractivity contribution in [3.8, 4) is 0 Å². The fourth-order valence-corrected chi connectivity index (χ4v) is 2.75. The van der Waals surface area contributed by atoms with Gasteiger partial charge in [0.15, 0.2) is 5.17 Å². The van der Waals surface area contributed by atoms with E-state index in [2.05, 4.69) is 9.98 Å². The Morgan fingerprint density at radius 1 is 1.19 bits per heavy atom. The quantitative estimate of drug-likeness (QED) is 0.774. The van der Waals surface area contributed by atoms with Crippen molar-refractivity contribution >= 4 is 51.7 Å². The minimum Gasteiger partial charge on any atom is -0.311 e. The summed E-state index contributed by atoms with van der Waals surface area (Å²) in [5.41, 5.74) is 1.37. The number of halogens is 2. The predicted molar refractivity (Wildman–Crippen MR) is 87.4 cm³/mol. The molecule has 1 aromatic carbocycles. The number of hydrogen-bond acceptors (Lipinski definition) is 3. The van der Waals surface area contributed by atoms with Crippen LogP contribution in [0.2, 0.25) is 10.2 Å². The van der Waals surface area contributed by atoms with E-state index in [0.717, 1.165) is 11.6 Å². The number of thioether (sulfide) groups is 1. The summed E-state index contributed by atoms with van der Waals surface area (Å²) in [5, 5.41) is 1.69. The minimum absolute atomic E-state index is 0.333. The molecule has 1 amide bonds. The molecule has 0 spiro atoms. The van der Waals surface area contributed by atoms with Crippen molar-refractivity contribution in [2.45, 2.75) is 0 Å². The molecule has 2 heterocycles. The fraction of sp³-hybridized carbons (Fsp3) is 0.0714. The highest BCUT2D eigenvalue weighted by atomic mass is 35.5. The third-order valence-corrected chi connectivity index (χ3v) is 4.30. The maximum Gasteiger partial charge on any atom is 0.280 e. The van der Waals surface area contributed by atoms with Crippen LogP contribution in [0.4, 0.5) is 5.69 Å². The number of rotatable bonds is 2. The van der Waals surface area contributed by atoms with Crippen LogP contribution in [0.15, 0.2) is 47.6 Å². The third kappa shape index (κ3) is 3.20. The van der Waals surface area contributed by atoms with E-state index in [0.29, 0.717) is 20.9 Å². The molecule has 0 radical (unpaired) electrons. The van der Waals surface area contributed by atoms with Crippen LogP contribution in [0.25, 0.3) is 0 Å². The van der Waals surface area contributed by atoms with Gasteiger partial charge in [-0.2, -0.15) is 4.99 Å². The van der Waals surface area contributed by atoms with Gasteiger partial charge in [0.05, 0.1) is 11.4 Å². The monoisotopic (exact) mass is 337 g/mol. The molecule has 0 bridgehead atoms. The number of carbonyl (C=O) groups is 1. The Morgan fingerprint density at radius 3 is 2.52 bits per heavy atom. The summed E-state index contributed by atoms with van der Waals surface area (Å²) >= 11 is 13.1. The molecule has 4 nitrogen and oxygen atoms in total. The largest absolute Gasteiger partial charge is 0.311 e. The average molecular weight is 338 g/mol. The summed E-state index contributed by atoms with van der Waals surface area (Å²) in [5.74, 6) is 0.424. The first-order valence-corrected chi connectivity index (χ1v) is 7.78. The van der Waals surface area contributed by atoms with Gasteiger partial charge in [-0.05, 0) is 36.4 Å². The molecule has 1 saturated heterocycles. The molecule has 0 N–H and O–H groups in total. The number of anilines is 1. The SMILES string of the molecule is O=C(N=C1SCN1c1ccc(Cl)cc1)c1ccc(Cl)nc1. The molecule has 7 heteroatoms. The first-order valence-electron chi connectivity index (χ1n) is 6.04. The maximum atomic E-state index is 12.1. The van der Waals surface area contributed by atoms with Crippen molar-refractivity contribution in [3.63, 3.8) is 0 Å². The number of nitrogens with zero attached hydrogens (tertiary/aromatic N) is 3. The van der Waals surface area contributed by atoms with Crippen molar-refractivity contribution in [2.75, 3.05) is 10.8 Å². The molecule has 1 aliphatic heterocycles. The second-order valence-corrected chi connectivity index (χ2v) is 5.98. The van der Waals surface area contributed by atoms with Gasteiger partial charge in [0.2, 0.25) is 0 Å². The van der Waals surface area contributed by atoms with Crippen LogP contribution < -0.4 is 4.90 Å². The third-order valence-electron chi connectivity index (χ3n) is 2.86. The van der Waals surface area contributed by atoms with E-state index in [4.69, 9.17) is 23.2 Å². The van der Waals surface area contributed by atoms with Crippen LogP contribution in [0.5, 0.6) is 0 Å². The standard InChI is InChI=1S/C14H9Cl2N3OS/c15-10-2-4-11(5-3-10)19-8-21-14(19)18-13(20)9-1-6-12(16)17-7-9/h1-7H,8H2. The summed E-state index contributed by atoms with van der Waals surface area (Å²) in [6, 6.07) is 10.6. The number of aliphatic imine (C=N–C) groups is 1. The molecule has 0 unspecified atom stereocenters. The molecule has 0 saturated carbocycles. The van der Waals surface area contributed by atoms with Crippen molar-refractivity contribution in [1.29, 1.82) is 0 Å². The lowest BCUT2D eigenvalue weighted by Gasteiger charge is -2.33. The number of hydrogen-bond donors (Lipinski definition) is 0. The molecule has 106 valence electrons. The molecular formula is C14H9Cl2N3OS. The van der Waals surface area contributed by atoms with Gasteiger partial charge in [-0.3, -0.25) is 4.79 Å². The zero-order valence-electron chi connectivity index (χ0n) is 10.7. The molecular weight excluding hydrogens is 329 g/mol. The van der Waals surface area contributed by atoms with Crippen LogP contribution >= 0.6 is 35.0 Å². The molecule has 1 fully saturated rings. The van der Waals surface area contributed by atoms with Gasteiger partial charge in [0.25, 0.3) is 5.91 Å². The van der Waals surface area contributed by atoms with E-state index in [1.807, 2.05) is 29.2 Å². The predicted octanol–water partition coefficient (Wildman–Crippen LogP) is 4.10. The van der Waals surface area contributed by atoms with E-state index in [-0.39, 0.29) is 5.91 Å². The second kappa shape index (κ2) is 6.05. The molecule has 1 aromatic heterocycles. The van der Waals surface area contributed by atoms with Crippen LogP contribution in [-0.4, -0.2) is 21.9 Å². The van der Waals surface area contributed by atoms with Crippen LogP contribution in [0.1, 0.15) is 10.4 Å². The van der Waals surface area contributed by atoms with Gasteiger partial charge in [0, 0.05) is 16.9 Å². The summed E-state index contributed by atoms with van der Waals surface area (Å²) in [6.07, 6.45) is 1.42. The molecule has 21 heavy (non-hydrogen) atoms. The zero-order valence-corrected chi connectivity index (χ0v) is 13.0. The van der Waals surface area contributed by atoms with Crippen LogP contribution in [0, 0.1) is 0 Å². The Bertz CT molecular complexity index is 701. The highest BCUT2D eigenvalue weighted by Gasteiger charge is 2.25. The Balaban J connectivity index is 1.78. The number of pyridine rings is 1. The van der Waals surface area contributed by atoms with Crippen LogP contribution in [0.3, 0.4) is 0 Å². The van der Waals surface area contributed by atoms with E-state index >= 15 is 0 Å². The average Bonchev–Trinajstić information content (AvgIpc) is 2.46. The topological polar surface area (TPSA) is 45.6 Å². The normalized spacial score (nSPS) is 15.9. The lowest BCUT2D eigenvalue weighted by molar-refractivity contribution is 0.100. The van der Waals surface area contributed by atoms with E-state index in [1.165, 1.54) is 18.0 Å². The smallest absolute Gasteiger partial charge is 0.280 e. The van der Waals surface area contributed by atoms with Gasteiger partial charge < -0.3 is 4.90 Å². The summed E-state index contributed by atoms with van der Waals surface area (Å²) in [7, 11) is 0. The van der Waals surface area contributed by atoms with Gasteiger partial charge in [-0.15, -0.1) is 0 Å². The maximum absolute atomic E-state index is 12.1. The van der Waals surface area contributed by atoms with Crippen LogP contribution in [-0.2, 0) is 0 Å². The number of amides is 1. The molecule has 0 atom stereocenters. The number of carbonyl (C=O) groups excluding carboxylic acids is 1. The number of aromatic nitrogens is 1. The molecule has 1 aliphatic rings. The fourth-order valence-electron chi connectivity index (χ4n) is 1.74. The highest BCUT2D eigenvalue weighted by molar-refractivity contribution is 8.16. The summed E-state index contributed by atoms with van der Waals surface area (Å²) in [6.45, 7) is 0. The van der Waals surface area contributed by atoms with Crippen molar-refractivity contribution in [3.05, 3.63) is 58.3 Å². The first-order chi connectivity index (χ1) is 10.1. The lowest BCUT2D eigenvalue weighted by Crippen LogP contribution is -2.39. The lowest BCUT2D eigenvalue weighted by atomic mass is 10.3. The Labute approximate surface area is 135 Å². The highest BCUT2D eigenvalue weighted by Crippen LogP contribution is 2.31. The van der Waals surface area contributed by atoms with Gasteiger partial charge in [0.1, 0.15) is 5.15 Å². The number of benzene rings is 1. The van der Waals surface area contributed by atoms with Crippen molar-refractivity contribution < 1.29 is 4.79 Å². The molecule has 3 rings (SSSR count). The van der Waals surface area contributed by atoms with Gasteiger partial charge in [-0.1, -0.05) is 35.0 Å². The Kier molecular flexibility index (Phi) is 4.14. The second-order valence-electron chi connectivity index (χ2n) is 4.25. The molecule has 2 aromatic rings. The first kappa shape index (κ1) is 14.4. The minimum atomic E-state index is -0.333. The van der Waals surface area contributed by atoms with E-state index in [1.54, 1.807) is 12.1 Å². The van der Waals surface area contributed by atoms with Crippen molar-refractivity contribution in [1.82, 2.24) is 4.98 Å². The number of amidine groups is 1. The Morgan fingerprint density at radius 2 is 1.95 bits per heavy atom. The Hall–Kier alpha value is -1.56. The summed E-state index contributed by atoms with van der Waals surface area (Å²) < 4.78 is 0. The van der Waals surface area contributed by atoms with E-state index < -0.39 is 0 Å². The van der Waals surface area contributed by atoms with Gasteiger partial charge >= 0.3 is 0 Å². The van der Waals surface area contributed by atoms with E-state index in [9.17, 15) is 4.79 Å².